The van der Waals surface area contributed by atoms with E-state index in [1.165, 1.54) is 0 Å². The number of imidazole rings is 1. The minimum absolute atomic E-state index is 0. The number of halogens is 2. The number of aliphatic imine (C=N–C) groups is 1. The van der Waals surface area contributed by atoms with Crippen molar-refractivity contribution in [1.29, 1.82) is 0 Å². The lowest BCUT2D eigenvalue weighted by molar-refractivity contribution is -0.131. The number of piperazine rings is 1. The van der Waals surface area contributed by atoms with E-state index in [2.05, 4.69) is 26.4 Å². The summed E-state index contributed by atoms with van der Waals surface area (Å²) in [5.74, 6) is 1.00. The molecule has 2 aromatic heterocycles. The summed E-state index contributed by atoms with van der Waals surface area (Å²) in [4.78, 5) is 25.8. The number of aromatic nitrogens is 2. The van der Waals surface area contributed by atoms with E-state index in [0.717, 1.165) is 48.9 Å². The molecule has 1 N–H and O–H groups in total. The Hall–Kier alpha value is -2.33. The first-order chi connectivity index (χ1) is 15.1. The second-order valence-corrected chi connectivity index (χ2v) is 8.03. The highest BCUT2D eigenvalue weighted by molar-refractivity contribution is 14.0. The highest BCUT2D eigenvalue weighted by Gasteiger charge is 2.23. The van der Waals surface area contributed by atoms with E-state index in [1.807, 2.05) is 58.0 Å². The number of hydrogen-bond acceptors (Lipinski definition) is 3. The standard InChI is InChI=1S/C23H27ClN6O.HI/c1-25-23(26-9-8-20-17-30-10-3-2-7-21(30)27-20)29-13-11-28(12-14-29)22(31)16-18-5-4-6-19(24)15-18;/h2-7,10,15,17H,8-9,11-14,16H2,1H3,(H,25,26);1H. The van der Waals surface area contributed by atoms with Crippen LogP contribution in [0.3, 0.4) is 0 Å². The number of carbonyl (C=O) groups is 1. The molecule has 0 bridgehead atoms. The van der Waals surface area contributed by atoms with Crippen LogP contribution in [0.25, 0.3) is 5.65 Å². The molecule has 1 aliphatic heterocycles. The molecule has 0 spiro atoms. The number of rotatable bonds is 5. The summed E-state index contributed by atoms with van der Waals surface area (Å²) in [6, 6.07) is 13.5. The van der Waals surface area contributed by atoms with Crippen LogP contribution in [0.1, 0.15) is 11.3 Å². The lowest BCUT2D eigenvalue weighted by atomic mass is 10.1. The SMILES string of the molecule is CN=C(NCCc1cn2ccccc2n1)N1CCN(C(=O)Cc2cccc(Cl)c2)CC1.I. The van der Waals surface area contributed by atoms with Crippen LogP contribution in [0.5, 0.6) is 0 Å². The normalized spacial score (nSPS) is 14.4. The van der Waals surface area contributed by atoms with Gasteiger partial charge in [0.1, 0.15) is 5.65 Å². The molecule has 3 heterocycles. The second-order valence-electron chi connectivity index (χ2n) is 7.60. The molecule has 0 unspecified atom stereocenters. The van der Waals surface area contributed by atoms with Crippen molar-refractivity contribution >= 4 is 53.1 Å². The molecule has 4 rings (SSSR count). The topological polar surface area (TPSA) is 65.2 Å². The Morgan fingerprint density at radius 1 is 1.12 bits per heavy atom. The van der Waals surface area contributed by atoms with Crippen LogP contribution < -0.4 is 5.32 Å². The second kappa shape index (κ2) is 11.5. The fraction of sp³-hybridized carbons (Fsp3) is 0.348. The van der Waals surface area contributed by atoms with Crippen molar-refractivity contribution < 1.29 is 4.79 Å². The lowest BCUT2D eigenvalue weighted by Crippen LogP contribution is -2.54. The summed E-state index contributed by atoms with van der Waals surface area (Å²) in [5, 5.41) is 4.09. The maximum atomic E-state index is 12.6. The van der Waals surface area contributed by atoms with E-state index in [1.54, 1.807) is 7.05 Å². The first kappa shape index (κ1) is 24.3. The highest BCUT2D eigenvalue weighted by atomic mass is 127. The van der Waals surface area contributed by atoms with Gasteiger partial charge in [0.05, 0.1) is 12.1 Å². The molecule has 1 saturated heterocycles. The van der Waals surface area contributed by atoms with Gasteiger partial charge >= 0.3 is 0 Å². The molecular weight excluding hydrogens is 539 g/mol. The maximum absolute atomic E-state index is 12.6. The first-order valence-corrected chi connectivity index (χ1v) is 10.9. The maximum Gasteiger partial charge on any atom is 0.227 e. The zero-order chi connectivity index (χ0) is 21.6. The number of benzene rings is 1. The number of amides is 1. The van der Waals surface area contributed by atoms with Gasteiger partial charge in [-0.25, -0.2) is 4.98 Å². The van der Waals surface area contributed by atoms with E-state index in [-0.39, 0.29) is 29.9 Å². The number of fused-ring (bicyclic) bond motifs is 1. The van der Waals surface area contributed by atoms with Gasteiger partial charge < -0.3 is 19.5 Å². The van der Waals surface area contributed by atoms with Crippen LogP contribution in [0.15, 0.2) is 59.9 Å². The quantitative estimate of drug-likeness (QED) is 0.293. The number of pyridine rings is 1. The van der Waals surface area contributed by atoms with Crippen molar-refractivity contribution in [2.45, 2.75) is 12.8 Å². The third-order valence-corrected chi connectivity index (χ3v) is 5.70. The van der Waals surface area contributed by atoms with Crippen molar-refractivity contribution in [3.8, 4) is 0 Å². The Bertz CT molecular complexity index is 1040. The molecule has 7 nitrogen and oxygen atoms in total. The molecule has 1 aliphatic rings. The van der Waals surface area contributed by atoms with E-state index >= 15 is 0 Å². The van der Waals surface area contributed by atoms with Crippen LogP contribution >= 0.6 is 35.6 Å². The highest BCUT2D eigenvalue weighted by Crippen LogP contribution is 2.13. The monoisotopic (exact) mass is 566 g/mol. The van der Waals surface area contributed by atoms with E-state index in [4.69, 9.17) is 11.6 Å². The zero-order valence-corrected chi connectivity index (χ0v) is 21.2. The lowest BCUT2D eigenvalue weighted by Gasteiger charge is -2.36. The molecule has 0 saturated carbocycles. The minimum Gasteiger partial charge on any atom is -0.356 e. The predicted octanol–water partition coefficient (Wildman–Crippen LogP) is 3.11. The fourth-order valence-electron chi connectivity index (χ4n) is 3.84. The molecule has 3 aromatic rings. The summed E-state index contributed by atoms with van der Waals surface area (Å²) in [7, 11) is 1.80. The molecule has 1 fully saturated rings. The van der Waals surface area contributed by atoms with Gasteiger partial charge in [-0.15, -0.1) is 24.0 Å². The van der Waals surface area contributed by atoms with Gasteiger partial charge in [-0.1, -0.05) is 29.8 Å². The van der Waals surface area contributed by atoms with Crippen molar-refractivity contribution in [3.05, 3.63) is 71.1 Å². The average molecular weight is 567 g/mol. The van der Waals surface area contributed by atoms with Gasteiger partial charge in [0.25, 0.3) is 0 Å². The fourth-order valence-corrected chi connectivity index (χ4v) is 4.06. The first-order valence-electron chi connectivity index (χ1n) is 10.5. The molecule has 0 radical (unpaired) electrons. The van der Waals surface area contributed by atoms with Crippen LogP contribution in [0.2, 0.25) is 5.02 Å². The molecule has 32 heavy (non-hydrogen) atoms. The Balaban J connectivity index is 0.00000289. The smallest absolute Gasteiger partial charge is 0.227 e. The van der Waals surface area contributed by atoms with Gasteiger partial charge in [0.2, 0.25) is 5.91 Å². The molecule has 0 aliphatic carbocycles. The van der Waals surface area contributed by atoms with Crippen molar-refractivity contribution in [2.75, 3.05) is 39.8 Å². The third-order valence-electron chi connectivity index (χ3n) is 5.47. The Labute approximate surface area is 210 Å². The summed E-state index contributed by atoms with van der Waals surface area (Å²) in [6.07, 6.45) is 5.26. The van der Waals surface area contributed by atoms with Crippen LogP contribution in [0.4, 0.5) is 0 Å². The minimum atomic E-state index is 0. The van der Waals surface area contributed by atoms with Gasteiger partial charge in [-0.2, -0.15) is 0 Å². The number of hydrogen-bond donors (Lipinski definition) is 1. The molecule has 0 atom stereocenters. The Kier molecular flexibility index (Phi) is 8.75. The van der Waals surface area contributed by atoms with Crippen molar-refractivity contribution in [1.82, 2.24) is 24.5 Å². The Morgan fingerprint density at radius 2 is 1.91 bits per heavy atom. The largest absolute Gasteiger partial charge is 0.356 e. The van der Waals surface area contributed by atoms with E-state index < -0.39 is 0 Å². The van der Waals surface area contributed by atoms with E-state index in [9.17, 15) is 4.79 Å². The summed E-state index contributed by atoms with van der Waals surface area (Å²) in [6.45, 7) is 3.65. The van der Waals surface area contributed by atoms with E-state index in [0.29, 0.717) is 24.5 Å². The molecule has 170 valence electrons. The van der Waals surface area contributed by atoms with Gasteiger partial charge in [0.15, 0.2) is 5.96 Å². The summed E-state index contributed by atoms with van der Waals surface area (Å²) >= 11 is 6.03. The number of guanidine groups is 1. The zero-order valence-electron chi connectivity index (χ0n) is 18.1. The number of nitrogens with one attached hydrogen (secondary N) is 1. The van der Waals surface area contributed by atoms with Crippen molar-refractivity contribution in [2.24, 2.45) is 4.99 Å². The summed E-state index contributed by atoms with van der Waals surface area (Å²) < 4.78 is 2.03. The van der Waals surface area contributed by atoms with Crippen LogP contribution in [-0.2, 0) is 17.6 Å². The molecule has 1 aromatic carbocycles. The molecule has 1 amide bonds. The predicted molar refractivity (Wildman–Crippen MR) is 139 cm³/mol. The molecule has 9 heteroatoms. The molecular formula is C23H28ClIN6O. The average Bonchev–Trinajstić information content (AvgIpc) is 3.20. The third kappa shape index (κ3) is 6.13. The number of carbonyl (C=O) groups excluding carboxylic acids is 1. The van der Waals surface area contributed by atoms with Gasteiger partial charge in [-0.3, -0.25) is 9.79 Å². The van der Waals surface area contributed by atoms with Crippen LogP contribution in [-0.4, -0.2) is 70.8 Å². The Morgan fingerprint density at radius 3 is 2.62 bits per heavy atom. The number of nitrogens with zero attached hydrogens (tertiary/aromatic N) is 5. The van der Waals surface area contributed by atoms with Crippen molar-refractivity contribution in [3.63, 3.8) is 0 Å². The summed E-state index contributed by atoms with van der Waals surface area (Å²) in [5.41, 5.74) is 2.95. The van der Waals surface area contributed by atoms with Crippen LogP contribution in [0, 0.1) is 0 Å². The van der Waals surface area contributed by atoms with Gasteiger partial charge in [0, 0.05) is 63.6 Å². The van der Waals surface area contributed by atoms with Gasteiger partial charge in [-0.05, 0) is 29.8 Å².